The summed E-state index contributed by atoms with van der Waals surface area (Å²) in [6.07, 6.45) is 2.87. The molecule has 2 rings (SSSR count). The zero-order valence-electron chi connectivity index (χ0n) is 12.8. The Hall–Kier alpha value is -2.87. The Labute approximate surface area is 132 Å². The molecule has 2 amide bonds. The van der Waals surface area contributed by atoms with Gasteiger partial charge in [0.1, 0.15) is 5.75 Å². The highest BCUT2D eigenvalue weighted by Crippen LogP contribution is 2.32. The van der Waals surface area contributed by atoms with Crippen LogP contribution in [0.15, 0.2) is 35.2 Å². The molecule has 0 spiro atoms. The number of nitrogens with one attached hydrogen (secondary N) is 2. The maximum absolute atomic E-state index is 11.8. The minimum Gasteiger partial charge on any atom is -0.496 e. The number of oxazole rings is 1. The lowest BCUT2D eigenvalue weighted by atomic mass is 10.1. The van der Waals surface area contributed by atoms with E-state index in [0.29, 0.717) is 29.4 Å². The third-order valence-electron chi connectivity index (χ3n) is 2.96. The number of methoxy groups -OCH3 is 2. The molecule has 122 valence electrons. The Kier molecular flexibility index (Phi) is 5.70. The zero-order valence-corrected chi connectivity index (χ0v) is 12.8. The van der Waals surface area contributed by atoms with Crippen LogP contribution in [0, 0.1) is 0 Å². The molecule has 0 aliphatic carbocycles. The van der Waals surface area contributed by atoms with Crippen molar-refractivity contribution in [3.05, 3.63) is 30.8 Å². The van der Waals surface area contributed by atoms with E-state index in [-0.39, 0.29) is 6.54 Å². The molecule has 0 unspecified atom stereocenters. The number of carbonyl (C=O) groups excluding carboxylic acids is 2. The summed E-state index contributed by atoms with van der Waals surface area (Å²) in [6.45, 7) is 0.592. The summed E-state index contributed by atoms with van der Waals surface area (Å²) in [7, 11) is 3.01. The van der Waals surface area contributed by atoms with Gasteiger partial charge in [0.25, 0.3) is 0 Å². The third kappa shape index (κ3) is 4.30. The van der Waals surface area contributed by atoms with Crippen molar-refractivity contribution in [2.45, 2.75) is 0 Å². The highest BCUT2D eigenvalue weighted by molar-refractivity contribution is 6.39. The van der Waals surface area contributed by atoms with Crippen molar-refractivity contribution in [3.63, 3.8) is 0 Å². The number of hydrogen-bond acceptors (Lipinski definition) is 6. The topological polar surface area (TPSA) is 103 Å². The van der Waals surface area contributed by atoms with Crippen molar-refractivity contribution in [2.75, 3.05) is 32.7 Å². The summed E-state index contributed by atoms with van der Waals surface area (Å²) in [4.78, 5) is 27.2. The van der Waals surface area contributed by atoms with Gasteiger partial charge in [0.2, 0.25) is 0 Å². The summed E-state index contributed by atoms with van der Waals surface area (Å²) in [5.41, 5.74) is 1.12. The number of hydrogen-bond donors (Lipinski definition) is 2. The molecule has 0 radical (unpaired) electrons. The van der Waals surface area contributed by atoms with E-state index in [1.807, 2.05) is 0 Å². The van der Waals surface area contributed by atoms with E-state index in [1.165, 1.54) is 20.6 Å². The summed E-state index contributed by atoms with van der Waals surface area (Å²) in [6, 6.07) is 4.94. The minimum atomic E-state index is -0.768. The lowest BCUT2D eigenvalue weighted by molar-refractivity contribution is -0.136. The Morgan fingerprint density at radius 1 is 1.26 bits per heavy atom. The van der Waals surface area contributed by atoms with E-state index < -0.39 is 11.8 Å². The quantitative estimate of drug-likeness (QED) is 0.609. The fourth-order valence-corrected chi connectivity index (χ4v) is 1.86. The van der Waals surface area contributed by atoms with Gasteiger partial charge in [-0.05, 0) is 12.1 Å². The number of carbonyl (C=O) groups is 2. The third-order valence-corrected chi connectivity index (χ3v) is 2.96. The van der Waals surface area contributed by atoms with Crippen molar-refractivity contribution in [1.82, 2.24) is 10.3 Å². The van der Waals surface area contributed by atoms with Crippen molar-refractivity contribution in [1.29, 1.82) is 0 Å². The van der Waals surface area contributed by atoms with Crippen LogP contribution in [0.5, 0.6) is 5.75 Å². The maximum Gasteiger partial charge on any atom is 0.313 e. The van der Waals surface area contributed by atoms with Gasteiger partial charge in [-0.3, -0.25) is 9.59 Å². The van der Waals surface area contributed by atoms with Crippen LogP contribution in [-0.4, -0.2) is 44.2 Å². The number of anilines is 1. The van der Waals surface area contributed by atoms with Crippen LogP contribution >= 0.6 is 0 Å². The van der Waals surface area contributed by atoms with Crippen molar-refractivity contribution < 1.29 is 23.5 Å². The molecule has 0 bridgehead atoms. The van der Waals surface area contributed by atoms with Gasteiger partial charge < -0.3 is 24.5 Å². The Morgan fingerprint density at radius 2 is 2.09 bits per heavy atom. The molecule has 0 fully saturated rings. The molecule has 8 heteroatoms. The first-order chi connectivity index (χ1) is 11.2. The second-order valence-corrected chi connectivity index (χ2v) is 4.48. The van der Waals surface area contributed by atoms with Gasteiger partial charge in [-0.1, -0.05) is 0 Å². The summed E-state index contributed by atoms with van der Waals surface area (Å²) in [5.74, 6) is -0.479. The Morgan fingerprint density at radius 3 is 2.74 bits per heavy atom. The predicted octanol–water partition coefficient (Wildman–Crippen LogP) is 1.05. The average Bonchev–Trinajstić information content (AvgIpc) is 3.09. The van der Waals surface area contributed by atoms with Crippen LogP contribution in [0.25, 0.3) is 11.3 Å². The molecule has 0 atom stereocenters. The summed E-state index contributed by atoms with van der Waals surface area (Å²) in [5, 5.41) is 4.93. The van der Waals surface area contributed by atoms with Crippen molar-refractivity contribution in [2.24, 2.45) is 0 Å². The predicted molar refractivity (Wildman–Crippen MR) is 82.0 cm³/mol. The molecule has 1 heterocycles. The van der Waals surface area contributed by atoms with Crippen LogP contribution in [-0.2, 0) is 14.3 Å². The second-order valence-electron chi connectivity index (χ2n) is 4.48. The van der Waals surface area contributed by atoms with E-state index in [0.717, 1.165) is 0 Å². The highest BCUT2D eigenvalue weighted by Gasteiger charge is 2.15. The molecule has 2 N–H and O–H groups in total. The molecule has 2 aromatic rings. The van der Waals surface area contributed by atoms with Crippen molar-refractivity contribution in [3.8, 4) is 17.1 Å². The van der Waals surface area contributed by atoms with Gasteiger partial charge in [-0.15, -0.1) is 0 Å². The standard InChI is InChI=1S/C15H17N3O5/c1-21-6-5-17-14(19)15(20)18-10-3-4-11(12(7-10)22-2)13-8-16-9-23-13/h3-4,7-9H,5-6H2,1-2H3,(H,17,19)(H,18,20). The van der Waals surface area contributed by atoms with Gasteiger partial charge in [0.05, 0.1) is 25.5 Å². The van der Waals surface area contributed by atoms with E-state index in [4.69, 9.17) is 13.9 Å². The summed E-state index contributed by atoms with van der Waals surface area (Å²) >= 11 is 0. The van der Waals surface area contributed by atoms with E-state index in [1.54, 1.807) is 24.4 Å². The van der Waals surface area contributed by atoms with E-state index in [9.17, 15) is 9.59 Å². The lowest BCUT2D eigenvalue weighted by Gasteiger charge is -2.10. The second kappa shape index (κ2) is 7.95. The number of nitrogens with zero attached hydrogens (tertiary/aromatic N) is 1. The number of aromatic nitrogens is 1. The molecule has 0 aliphatic heterocycles. The van der Waals surface area contributed by atoms with Gasteiger partial charge in [-0.2, -0.15) is 0 Å². The monoisotopic (exact) mass is 319 g/mol. The smallest absolute Gasteiger partial charge is 0.313 e. The molecule has 1 aromatic carbocycles. The Balaban J connectivity index is 2.06. The highest BCUT2D eigenvalue weighted by atomic mass is 16.5. The van der Waals surface area contributed by atoms with Gasteiger partial charge in [-0.25, -0.2) is 4.98 Å². The molecule has 23 heavy (non-hydrogen) atoms. The number of amides is 2. The molecule has 0 aliphatic rings. The maximum atomic E-state index is 11.8. The normalized spacial score (nSPS) is 10.2. The van der Waals surface area contributed by atoms with Crippen LogP contribution in [0.3, 0.4) is 0 Å². The first kappa shape index (κ1) is 16.5. The first-order valence-electron chi connectivity index (χ1n) is 6.80. The van der Waals surface area contributed by atoms with Gasteiger partial charge in [0.15, 0.2) is 12.2 Å². The largest absolute Gasteiger partial charge is 0.496 e. The summed E-state index contributed by atoms with van der Waals surface area (Å²) < 4.78 is 15.3. The van der Waals surface area contributed by atoms with E-state index in [2.05, 4.69) is 15.6 Å². The fraction of sp³-hybridized carbons (Fsp3) is 0.267. The van der Waals surface area contributed by atoms with E-state index >= 15 is 0 Å². The lowest BCUT2D eigenvalue weighted by Crippen LogP contribution is -2.37. The van der Waals surface area contributed by atoms with Crippen molar-refractivity contribution >= 4 is 17.5 Å². The van der Waals surface area contributed by atoms with Gasteiger partial charge >= 0.3 is 11.8 Å². The molecular formula is C15H17N3O5. The molecule has 8 nitrogen and oxygen atoms in total. The zero-order chi connectivity index (χ0) is 16.7. The first-order valence-corrected chi connectivity index (χ1v) is 6.80. The molecule has 1 aromatic heterocycles. The molecule has 0 saturated carbocycles. The van der Waals surface area contributed by atoms with Crippen LogP contribution in [0.2, 0.25) is 0 Å². The van der Waals surface area contributed by atoms with Gasteiger partial charge in [0, 0.05) is 25.4 Å². The molecule has 0 saturated heterocycles. The Bertz CT molecular complexity index is 670. The number of rotatable bonds is 6. The average molecular weight is 319 g/mol. The minimum absolute atomic E-state index is 0.260. The SMILES string of the molecule is COCCNC(=O)C(=O)Nc1ccc(-c2cnco2)c(OC)c1. The number of benzene rings is 1. The van der Waals surface area contributed by atoms with Crippen LogP contribution < -0.4 is 15.4 Å². The number of ether oxygens (including phenoxy) is 2. The van der Waals surface area contributed by atoms with Crippen LogP contribution in [0.4, 0.5) is 5.69 Å². The fourth-order valence-electron chi connectivity index (χ4n) is 1.86. The molecular weight excluding hydrogens is 302 g/mol. The van der Waals surface area contributed by atoms with Crippen LogP contribution in [0.1, 0.15) is 0 Å².